The highest BCUT2D eigenvalue weighted by molar-refractivity contribution is 5.94. The number of hydrogen-bond acceptors (Lipinski definition) is 12. The van der Waals surface area contributed by atoms with Crippen molar-refractivity contribution >= 4 is 35.2 Å². The van der Waals surface area contributed by atoms with Crippen LogP contribution >= 0.6 is 0 Å². The first-order chi connectivity index (χ1) is 30.7. The molecule has 0 aliphatic heterocycles. The molecule has 2 atom stereocenters. The summed E-state index contributed by atoms with van der Waals surface area (Å²) in [6.45, 7) is 5.22. The number of anilines is 2. The number of rotatable bonds is 15. The van der Waals surface area contributed by atoms with Gasteiger partial charge in [-0.05, 0) is 68.3 Å². The molecule has 0 saturated heterocycles. The van der Waals surface area contributed by atoms with E-state index in [4.69, 9.17) is 19.9 Å². The molecule has 2 aromatic carbocycles. The van der Waals surface area contributed by atoms with Gasteiger partial charge in [0.1, 0.15) is 29.3 Å². The van der Waals surface area contributed by atoms with Crippen LogP contribution in [0.1, 0.15) is 65.2 Å². The molecule has 6 N–H and O–H groups in total. The summed E-state index contributed by atoms with van der Waals surface area (Å²) < 4.78 is 95.3. The van der Waals surface area contributed by atoms with Crippen molar-refractivity contribution in [1.82, 2.24) is 40.6 Å². The van der Waals surface area contributed by atoms with Gasteiger partial charge in [0.2, 0.25) is 0 Å². The molecule has 4 aromatic heterocycles. The van der Waals surface area contributed by atoms with E-state index in [-0.39, 0.29) is 55.1 Å². The number of amides is 3. The lowest BCUT2D eigenvalue weighted by Crippen LogP contribution is -2.51. The smallest absolute Gasteiger partial charge is 0.417 e. The largest absolute Gasteiger partial charge is 0.444 e. The van der Waals surface area contributed by atoms with Crippen molar-refractivity contribution in [3.63, 3.8) is 0 Å². The molecule has 16 nitrogen and oxygen atoms in total. The number of nitrogens with one attached hydrogen (secondary N) is 4. The molecule has 3 amide bonds. The number of aromatic nitrogens is 5. The van der Waals surface area contributed by atoms with Gasteiger partial charge in [-0.2, -0.15) is 26.3 Å². The summed E-state index contributed by atoms with van der Waals surface area (Å²) in [5, 5.41) is 13.1. The zero-order chi connectivity index (χ0) is 47.2. The Kier molecular flexibility index (Phi) is 16.4. The van der Waals surface area contributed by atoms with Gasteiger partial charge in [0, 0.05) is 18.6 Å². The fraction of sp³-hybridized carbons (Fsp3) is 0.279. The number of halogens is 6. The van der Waals surface area contributed by atoms with Gasteiger partial charge in [0.25, 0.3) is 11.8 Å². The van der Waals surface area contributed by atoms with E-state index in [2.05, 4.69) is 41.7 Å². The molecule has 4 heterocycles. The predicted molar refractivity (Wildman–Crippen MR) is 223 cm³/mol. The first-order valence-corrected chi connectivity index (χ1v) is 19.5. The van der Waals surface area contributed by atoms with Crippen LogP contribution in [0.2, 0.25) is 0 Å². The second-order valence-electron chi connectivity index (χ2n) is 14.9. The number of nitrogens with zero attached hydrogens (tertiary/aromatic N) is 5. The van der Waals surface area contributed by atoms with Crippen molar-refractivity contribution in [1.29, 1.82) is 0 Å². The van der Waals surface area contributed by atoms with Gasteiger partial charge in [0.05, 0.1) is 43.1 Å². The molecule has 0 aliphatic carbocycles. The molecule has 0 fully saturated rings. The van der Waals surface area contributed by atoms with Gasteiger partial charge in [0.15, 0.2) is 11.5 Å². The Morgan fingerprint density at radius 3 is 1.88 bits per heavy atom. The highest BCUT2D eigenvalue weighted by Gasteiger charge is 2.33. The number of hydrazine groups is 1. The van der Waals surface area contributed by atoms with Crippen LogP contribution in [0.3, 0.4) is 0 Å². The number of nitrogens with two attached hydrogens (primary N) is 1. The van der Waals surface area contributed by atoms with Crippen LogP contribution in [-0.4, -0.2) is 67.3 Å². The Balaban J connectivity index is 0.000000244. The second kappa shape index (κ2) is 21.8. The van der Waals surface area contributed by atoms with Gasteiger partial charge >= 0.3 is 18.4 Å². The molecule has 6 rings (SSSR count). The third-order valence-electron chi connectivity index (χ3n) is 8.63. The summed E-state index contributed by atoms with van der Waals surface area (Å²) in [6.07, 6.45) is -7.06. The van der Waals surface area contributed by atoms with Crippen LogP contribution in [0, 0.1) is 0 Å². The molecule has 344 valence electrons. The molecule has 0 saturated carbocycles. The molecular formula is C43H44F6N10O6. The van der Waals surface area contributed by atoms with E-state index in [1.807, 2.05) is 60.7 Å². The normalized spacial score (nSPS) is 12.6. The molecule has 0 spiro atoms. The Morgan fingerprint density at radius 2 is 1.32 bits per heavy atom. The number of carbonyl (C=O) groups excluding carboxylic acids is 3. The third-order valence-corrected chi connectivity index (χ3v) is 8.63. The third kappa shape index (κ3) is 15.5. The van der Waals surface area contributed by atoms with E-state index in [1.54, 1.807) is 20.8 Å². The number of benzene rings is 2. The second-order valence-corrected chi connectivity index (χ2v) is 14.9. The first kappa shape index (κ1) is 48.7. The van der Waals surface area contributed by atoms with Crippen LogP contribution < -0.4 is 27.2 Å². The fourth-order valence-electron chi connectivity index (χ4n) is 5.49. The lowest BCUT2D eigenvalue weighted by atomic mass is 10.2. The lowest BCUT2D eigenvalue weighted by molar-refractivity contribution is -0.138. The predicted octanol–water partition coefficient (Wildman–Crippen LogP) is 7.07. The van der Waals surface area contributed by atoms with Crippen molar-refractivity contribution in [2.24, 2.45) is 0 Å². The van der Waals surface area contributed by atoms with Crippen LogP contribution in [0.4, 0.5) is 42.8 Å². The van der Waals surface area contributed by atoms with E-state index in [1.165, 1.54) is 28.8 Å². The molecule has 65 heavy (non-hydrogen) atoms. The Bertz CT molecular complexity index is 2470. The van der Waals surface area contributed by atoms with Crippen molar-refractivity contribution in [2.45, 2.75) is 64.0 Å². The summed E-state index contributed by atoms with van der Waals surface area (Å²) in [4.78, 5) is 44.9. The minimum atomic E-state index is -4.55. The van der Waals surface area contributed by atoms with Gasteiger partial charge in [-0.1, -0.05) is 60.7 Å². The number of fused-ring (bicyclic) bond motifs is 1. The number of alkyl halides is 6. The quantitative estimate of drug-likeness (QED) is 0.0518. The topological polar surface area (TPSA) is 209 Å². The van der Waals surface area contributed by atoms with E-state index >= 15 is 0 Å². The number of pyridine rings is 3. The number of ether oxygens (including phenoxy) is 3. The Morgan fingerprint density at radius 1 is 0.708 bits per heavy atom. The maximum absolute atomic E-state index is 13.2. The van der Waals surface area contributed by atoms with Crippen molar-refractivity contribution < 1.29 is 54.9 Å². The average molecular weight is 911 g/mol. The van der Waals surface area contributed by atoms with Gasteiger partial charge in [-0.3, -0.25) is 24.8 Å². The monoisotopic (exact) mass is 910 g/mol. The highest BCUT2D eigenvalue weighted by atomic mass is 19.4. The summed E-state index contributed by atoms with van der Waals surface area (Å²) >= 11 is 0. The van der Waals surface area contributed by atoms with Crippen molar-refractivity contribution in [3.05, 3.63) is 149 Å². The lowest BCUT2D eigenvalue weighted by Gasteiger charge is -2.23. The first-order valence-electron chi connectivity index (χ1n) is 19.5. The summed E-state index contributed by atoms with van der Waals surface area (Å²) in [6, 6.07) is 23.5. The van der Waals surface area contributed by atoms with Crippen molar-refractivity contribution in [3.8, 4) is 0 Å². The van der Waals surface area contributed by atoms with Crippen LogP contribution in [-0.2, 0) is 44.6 Å². The number of alkyl carbamates (subject to hydrolysis) is 1. The molecule has 0 aliphatic rings. The SMILES string of the molecule is CC(C)(C)OC(=O)N[C@@H](COCc1ccccc1)C(=O)NNc1ccc(C(F)(F)F)cn1.Nc1ccc(C(=O)N[C@H](COCc2ccccc2)c2nnc3ccc(C(F)(F)F)cn23)cn1. The van der Waals surface area contributed by atoms with E-state index < -0.39 is 59.1 Å². The van der Waals surface area contributed by atoms with Crippen molar-refractivity contribution in [2.75, 3.05) is 24.4 Å². The zero-order valence-electron chi connectivity index (χ0n) is 35.0. The Hall–Kier alpha value is -7.33. The summed E-state index contributed by atoms with van der Waals surface area (Å²) in [5.41, 5.74) is 9.89. The molecule has 0 bridgehead atoms. The molecule has 0 radical (unpaired) electrons. The van der Waals surface area contributed by atoms with E-state index in [0.717, 1.165) is 35.5 Å². The van der Waals surface area contributed by atoms with Crippen LogP contribution in [0.25, 0.3) is 5.65 Å². The maximum Gasteiger partial charge on any atom is 0.417 e. The number of nitrogen functional groups attached to an aromatic ring is 1. The van der Waals surface area contributed by atoms with E-state index in [9.17, 15) is 40.7 Å². The number of hydrogen-bond donors (Lipinski definition) is 5. The van der Waals surface area contributed by atoms with E-state index in [0.29, 0.717) is 6.20 Å². The molecule has 6 aromatic rings. The minimum absolute atomic E-state index is 0.0208. The highest BCUT2D eigenvalue weighted by Crippen LogP contribution is 2.30. The number of carbonyl (C=O) groups is 3. The zero-order valence-corrected chi connectivity index (χ0v) is 35.0. The fourth-order valence-corrected chi connectivity index (χ4v) is 5.49. The summed E-state index contributed by atoms with van der Waals surface area (Å²) in [5.74, 6) is -0.893. The molecule has 0 unspecified atom stereocenters. The van der Waals surface area contributed by atoms with Gasteiger partial charge in [-0.25, -0.2) is 14.8 Å². The minimum Gasteiger partial charge on any atom is -0.444 e. The van der Waals surface area contributed by atoms with Crippen LogP contribution in [0.15, 0.2) is 116 Å². The average Bonchev–Trinajstić information content (AvgIpc) is 3.68. The summed E-state index contributed by atoms with van der Waals surface area (Å²) in [7, 11) is 0. The van der Waals surface area contributed by atoms with Gasteiger partial charge in [-0.15, -0.1) is 10.2 Å². The molecule has 22 heteroatoms. The van der Waals surface area contributed by atoms with Gasteiger partial charge < -0.3 is 30.6 Å². The standard InChI is InChI=1S/C22H19F3N6O2.C21H25F3N4O4/c23-22(24,25)16-7-9-19-29-30-20(31(19)11-16)17(13-33-12-14-4-2-1-3-5-14)28-21(32)15-6-8-18(26)27-10-15;1-20(2,3)32-19(30)26-16(13-31-12-14-7-5-4-6-8-14)18(29)28-27-17-10-9-15(11-25-17)21(22,23)24/h1-11,17H,12-13H2,(H2,26,27)(H,28,32);4-11,16H,12-13H2,1-3H3,(H,25,27)(H,26,30)(H,28,29)/t17-;16-/m10/s1. The molecular weight excluding hydrogens is 867 g/mol. The van der Waals surface area contributed by atoms with Crippen LogP contribution in [0.5, 0.6) is 0 Å². The maximum atomic E-state index is 13.2. The Labute approximate surface area is 367 Å².